The maximum Gasteiger partial charge on any atom is 0.227 e. The van der Waals surface area contributed by atoms with E-state index in [0.29, 0.717) is 0 Å². The number of nitrogens with one attached hydrogen (secondary N) is 1. The molecule has 0 spiro atoms. The molecule has 4 heteroatoms. The molecule has 1 rings (SSSR count). The summed E-state index contributed by atoms with van der Waals surface area (Å²) >= 11 is 0. The van der Waals surface area contributed by atoms with Crippen LogP contribution in [0.3, 0.4) is 0 Å². The summed E-state index contributed by atoms with van der Waals surface area (Å²) in [4.78, 5) is 14.5. The zero-order chi connectivity index (χ0) is 15.8. The Hall–Kier alpha value is -1.55. The summed E-state index contributed by atoms with van der Waals surface area (Å²) in [6.45, 7) is 5.86. The number of hydrogen-bond acceptors (Lipinski definition) is 3. The van der Waals surface area contributed by atoms with Crippen LogP contribution in [-0.2, 0) is 4.79 Å². The SMILES string of the molecule is COc1ccc(C(C(=O)NCCCN(C)C)C(C)C)cc1. The summed E-state index contributed by atoms with van der Waals surface area (Å²) in [5.41, 5.74) is 1.04. The molecule has 21 heavy (non-hydrogen) atoms. The third kappa shape index (κ3) is 5.76. The van der Waals surface area contributed by atoms with Gasteiger partial charge in [0.05, 0.1) is 13.0 Å². The van der Waals surface area contributed by atoms with Crippen LogP contribution in [0, 0.1) is 5.92 Å². The zero-order valence-corrected chi connectivity index (χ0v) is 13.8. The molecule has 1 aromatic rings. The summed E-state index contributed by atoms with van der Waals surface area (Å²) in [6, 6.07) is 7.76. The molecule has 1 atom stereocenters. The topological polar surface area (TPSA) is 41.6 Å². The Kier molecular flexibility index (Phi) is 7.23. The zero-order valence-electron chi connectivity index (χ0n) is 13.8. The first-order valence-corrected chi connectivity index (χ1v) is 7.52. The fourth-order valence-corrected chi connectivity index (χ4v) is 2.37. The lowest BCUT2D eigenvalue weighted by atomic mass is 9.87. The summed E-state index contributed by atoms with van der Waals surface area (Å²) in [6.07, 6.45) is 0.964. The minimum atomic E-state index is -0.115. The fraction of sp³-hybridized carbons (Fsp3) is 0.588. The second kappa shape index (κ2) is 8.67. The van der Waals surface area contributed by atoms with Gasteiger partial charge in [-0.05, 0) is 50.7 Å². The second-order valence-electron chi connectivity index (χ2n) is 5.94. The molecule has 0 saturated heterocycles. The van der Waals surface area contributed by atoms with E-state index < -0.39 is 0 Å². The highest BCUT2D eigenvalue weighted by atomic mass is 16.5. The van der Waals surface area contributed by atoms with Crippen LogP contribution in [0.25, 0.3) is 0 Å². The molecule has 0 aliphatic rings. The van der Waals surface area contributed by atoms with Crippen LogP contribution in [0.2, 0.25) is 0 Å². The summed E-state index contributed by atoms with van der Waals surface area (Å²) < 4.78 is 5.17. The van der Waals surface area contributed by atoms with Crippen LogP contribution in [-0.4, -0.2) is 45.1 Å². The molecule has 1 aromatic carbocycles. The molecular formula is C17H28N2O2. The Morgan fingerprint density at radius 1 is 1.24 bits per heavy atom. The maximum absolute atomic E-state index is 12.4. The molecule has 0 aliphatic heterocycles. The molecule has 1 unspecified atom stereocenters. The van der Waals surface area contributed by atoms with E-state index in [1.165, 1.54) is 0 Å². The number of methoxy groups -OCH3 is 1. The Labute approximate surface area is 128 Å². The number of hydrogen-bond donors (Lipinski definition) is 1. The van der Waals surface area contributed by atoms with Crippen LogP contribution < -0.4 is 10.1 Å². The monoisotopic (exact) mass is 292 g/mol. The molecule has 0 heterocycles. The number of nitrogens with zero attached hydrogens (tertiary/aromatic N) is 1. The number of amides is 1. The minimum absolute atomic E-state index is 0.105. The first-order valence-electron chi connectivity index (χ1n) is 7.52. The van der Waals surface area contributed by atoms with Gasteiger partial charge in [0.2, 0.25) is 5.91 Å². The van der Waals surface area contributed by atoms with E-state index >= 15 is 0 Å². The minimum Gasteiger partial charge on any atom is -0.497 e. The Morgan fingerprint density at radius 2 is 1.86 bits per heavy atom. The lowest BCUT2D eigenvalue weighted by Gasteiger charge is -2.21. The standard InChI is InChI=1S/C17H28N2O2/c1-13(2)16(14-7-9-15(21-5)10-8-14)17(20)18-11-6-12-19(3)4/h7-10,13,16H,6,11-12H2,1-5H3,(H,18,20). The van der Waals surface area contributed by atoms with E-state index in [0.717, 1.165) is 30.8 Å². The highest BCUT2D eigenvalue weighted by Gasteiger charge is 2.23. The summed E-state index contributed by atoms with van der Waals surface area (Å²) in [7, 11) is 5.72. The Balaban J connectivity index is 2.65. The predicted molar refractivity (Wildman–Crippen MR) is 86.8 cm³/mol. The lowest BCUT2D eigenvalue weighted by molar-refractivity contribution is -0.123. The predicted octanol–water partition coefficient (Wildman–Crippen LogP) is 2.50. The van der Waals surface area contributed by atoms with E-state index in [9.17, 15) is 4.79 Å². The molecule has 0 aromatic heterocycles. The van der Waals surface area contributed by atoms with Crippen LogP contribution in [0.15, 0.2) is 24.3 Å². The second-order valence-corrected chi connectivity index (χ2v) is 5.94. The van der Waals surface area contributed by atoms with E-state index in [-0.39, 0.29) is 17.7 Å². The van der Waals surface area contributed by atoms with Crippen LogP contribution in [0.4, 0.5) is 0 Å². The first-order chi connectivity index (χ1) is 9.95. The third-order valence-electron chi connectivity index (χ3n) is 3.51. The van der Waals surface area contributed by atoms with Crippen LogP contribution >= 0.6 is 0 Å². The van der Waals surface area contributed by atoms with Crippen molar-refractivity contribution in [3.05, 3.63) is 29.8 Å². The number of rotatable bonds is 8. The normalized spacial score (nSPS) is 12.5. The van der Waals surface area contributed by atoms with E-state index in [1.54, 1.807) is 7.11 Å². The first kappa shape index (κ1) is 17.5. The largest absolute Gasteiger partial charge is 0.497 e. The van der Waals surface area contributed by atoms with Crippen molar-refractivity contribution in [3.8, 4) is 5.75 Å². The number of benzene rings is 1. The Bertz CT molecular complexity index is 427. The van der Waals surface area contributed by atoms with E-state index in [1.807, 2.05) is 38.4 Å². The van der Waals surface area contributed by atoms with Gasteiger partial charge in [0.25, 0.3) is 0 Å². The molecule has 118 valence electrons. The van der Waals surface area contributed by atoms with E-state index in [4.69, 9.17) is 4.74 Å². The molecule has 0 fully saturated rings. The molecule has 1 N–H and O–H groups in total. The van der Waals surface area contributed by atoms with Crippen molar-refractivity contribution < 1.29 is 9.53 Å². The molecule has 4 nitrogen and oxygen atoms in total. The average Bonchev–Trinajstić information content (AvgIpc) is 2.44. The average molecular weight is 292 g/mol. The number of carbonyl (C=O) groups excluding carboxylic acids is 1. The van der Waals surface area contributed by atoms with Gasteiger partial charge >= 0.3 is 0 Å². The molecular weight excluding hydrogens is 264 g/mol. The molecule has 0 saturated carbocycles. The number of ether oxygens (including phenoxy) is 1. The number of carbonyl (C=O) groups is 1. The maximum atomic E-state index is 12.4. The van der Waals surface area contributed by atoms with Gasteiger partial charge in [0, 0.05) is 6.54 Å². The summed E-state index contributed by atoms with van der Waals surface area (Å²) in [5.74, 6) is 1.06. The quantitative estimate of drug-likeness (QED) is 0.749. The smallest absolute Gasteiger partial charge is 0.227 e. The van der Waals surface area contributed by atoms with Gasteiger partial charge in [-0.2, -0.15) is 0 Å². The van der Waals surface area contributed by atoms with Gasteiger partial charge in [-0.15, -0.1) is 0 Å². The van der Waals surface area contributed by atoms with Crippen LogP contribution in [0.1, 0.15) is 31.7 Å². The van der Waals surface area contributed by atoms with E-state index in [2.05, 4.69) is 24.1 Å². The van der Waals surface area contributed by atoms with Crippen molar-refractivity contribution in [2.45, 2.75) is 26.2 Å². The van der Waals surface area contributed by atoms with Crippen molar-refractivity contribution >= 4 is 5.91 Å². The van der Waals surface area contributed by atoms with Gasteiger partial charge in [-0.25, -0.2) is 0 Å². The van der Waals surface area contributed by atoms with Crippen molar-refractivity contribution in [3.63, 3.8) is 0 Å². The molecule has 0 bridgehead atoms. The van der Waals surface area contributed by atoms with Gasteiger partial charge in [0.15, 0.2) is 0 Å². The fourth-order valence-electron chi connectivity index (χ4n) is 2.37. The van der Waals surface area contributed by atoms with Crippen molar-refractivity contribution in [1.29, 1.82) is 0 Å². The van der Waals surface area contributed by atoms with Gasteiger partial charge in [0.1, 0.15) is 5.75 Å². The van der Waals surface area contributed by atoms with Crippen molar-refractivity contribution in [2.75, 3.05) is 34.3 Å². The van der Waals surface area contributed by atoms with Crippen molar-refractivity contribution in [2.24, 2.45) is 5.92 Å². The molecule has 0 aliphatic carbocycles. The summed E-state index contributed by atoms with van der Waals surface area (Å²) in [5, 5.41) is 3.05. The highest BCUT2D eigenvalue weighted by Crippen LogP contribution is 2.26. The highest BCUT2D eigenvalue weighted by molar-refractivity contribution is 5.83. The van der Waals surface area contributed by atoms with Crippen LogP contribution in [0.5, 0.6) is 5.75 Å². The lowest BCUT2D eigenvalue weighted by Crippen LogP contribution is -2.33. The van der Waals surface area contributed by atoms with Crippen molar-refractivity contribution in [1.82, 2.24) is 10.2 Å². The molecule has 1 amide bonds. The van der Waals surface area contributed by atoms with Gasteiger partial charge < -0.3 is 15.0 Å². The third-order valence-corrected chi connectivity index (χ3v) is 3.51. The Morgan fingerprint density at radius 3 is 2.33 bits per heavy atom. The van der Waals surface area contributed by atoms with Gasteiger partial charge in [-0.3, -0.25) is 4.79 Å². The van der Waals surface area contributed by atoms with Gasteiger partial charge in [-0.1, -0.05) is 26.0 Å². The molecule has 0 radical (unpaired) electrons.